The third-order valence-corrected chi connectivity index (χ3v) is 2.98. The second kappa shape index (κ2) is 7.96. The lowest BCUT2D eigenvalue weighted by Crippen LogP contribution is -2.05. The predicted octanol–water partition coefficient (Wildman–Crippen LogP) is 4.44. The minimum Gasteiger partial charge on any atom is -0.299 e. The fourth-order valence-corrected chi connectivity index (χ4v) is 1.91. The van der Waals surface area contributed by atoms with Crippen LogP contribution in [0.25, 0.3) is 0 Å². The van der Waals surface area contributed by atoms with Crippen molar-refractivity contribution >= 4 is 5.78 Å². The Morgan fingerprint density at radius 3 is 2.56 bits per heavy atom. The first-order valence-electron chi connectivity index (χ1n) is 6.59. The molecule has 0 unspecified atom stereocenters. The van der Waals surface area contributed by atoms with Gasteiger partial charge in [0.1, 0.15) is 5.78 Å². The van der Waals surface area contributed by atoms with E-state index in [0.29, 0.717) is 6.42 Å². The molecule has 1 nitrogen and oxygen atoms in total. The van der Waals surface area contributed by atoms with Gasteiger partial charge in [-0.15, -0.1) is 0 Å². The van der Waals surface area contributed by atoms with Crippen molar-refractivity contribution in [2.75, 3.05) is 0 Å². The molecule has 0 spiro atoms. The number of benzene rings is 1. The van der Waals surface area contributed by atoms with Crippen LogP contribution in [0.2, 0.25) is 0 Å². The minimum atomic E-state index is -0.892. The topological polar surface area (TPSA) is 17.1 Å². The smallest absolute Gasteiger partial charge is 0.162 e. The van der Waals surface area contributed by atoms with Gasteiger partial charge in [-0.1, -0.05) is 44.7 Å². The summed E-state index contributed by atoms with van der Waals surface area (Å²) in [4.78, 5) is 11.6. The molecule has 0 aliphatic rings. The molecule has 1 rings (SSSR count). The number of carbonyl (C=O) groups excluding carboxylic acids is 1. The molecule has 0 heterocycles. The van der Waals surface area contributed by atoms with Crippen molar-refractivity contribution < 1.29 is 13.6 Å². The molecule has 0 atom stereocenters. The second-order valence-electron chi connectivity index (χ2n) is 4.59. The first-order valence-corrected chi connectivity index (χ1v) is 6.59. The van der Waals surface area contributed by atoms with Crippen molar-refractivity contribution in [3.8, 4) is 0 Å². The molecular formula is C15H20F2O. The molecule has 0 aliphatic carbocycles. The predicted molar refractivity (Wildman–Crippen MR) is 68.4 cm³/mol. The molecule has 18 heavy (non-hydrogen) atoms. The zero-order chi connectivity index (χ0) is 13.4. The fraction of sp³-hybridized carbons (Fsp3) is 0.533. The third kappa shape index (κ3) is 4.94. The Balaban J connectivity index is 2.34. The van der Waals surface area contributed by atoms with Gasteiger partial charge < -0.3 is 0 Å². The molecule has 3 heteroatoms. The summed E-state index contributed by atoms with van der Waals surface area (Å²) in [6.45, 7) is 2.14. The molecule has 0 saturated heterocycles. The Bertz CT molecular complexity index is 388. The van der Waals surface area contributed by atoms with Crippen LogP contribution in [0.5, 0.6) is 0 Å². The van der Waals surface area contributed by atoms with Gasteiger partial charge in [0.15, 0.2) is 11.6 Å². The highest BCUT2D eigenvalue weighted by atomic mass is 19.2. The number of rotatable bonds is 8. The monoisotopic (exact) mass is 254 g/mol. The van der Waals surface area contributed by atoms with Crippen LogP contribution in [-0.2, 0) is 11.2 Å². The van der Waals surface area contributed by atoms with Gasteiger partial charge in [0.25, 0.3) is 0 Å². The zero-order valence-corrected chi connectivity index (χ0v) is 10.8. The first-order chi connectivity index (χ1) is 8.65. The molecule has 0 N–H and O–H groups in total. The van der Waals surface area contributed by atoms with Crippen molar-refractivity contribution in [3.63, 3.8) is 0 Å². The highest BCUT2D eigenvalue weighted by Crippen LogP contribution is 2.14. The fourth-order valence-electron chi connectivity index (χ4n) is 1.91. The van der Waals surface area contributed by atoms with E-state index in [1.54, 1.807) is 0 Å². The number of Topliss-reactive ketones (excluding diaryl/α,β-unsaturated/α-hetero) is 1. The summed E-state index contributed by atoms with van der Waals surface area (Å²) in [6.07, 6.45) is 5.82. The van der Waals surface area contributed by atoms with Gasteiger partial charge in [0.2, 0.25) is 0 Å². The number of carbonyl (C=O) groups is 1. The van der Waals surface area contributed by atoms with Gasteiger partial charge in [0, 0.05) is 12.8 Å². The lowest BCUT2D eigenvalue weighted by molar-refractivity contribution is -0.118. The Morgan fingerprint density at radius 2 is 1.83 bits per heavy atom. The summed E-state index contributed by atoms with van der Waals surface area (Å²) in [5.41, 5.74) is 0.161. The zero-order valence-electron chi connectivity index (χ0n) is 10.8. The van der Waals surface area contributed by atoms with Crippen LogP contribution in [0.15, 0.2) is 18.2 Å². The lowest BCUT2D eigenvalue weighted by atomic mass is 10.0. The molecule has 1 aromatic rings. The molecule has 0 amide bonds. The molecule has 1 aromatic carbocycles. The number of unbranched alkanes of at least 4 members (excludes halogenated alkanes) is 4. The maximum Gasteiger partial charge on any atom is 0.162 e. The summed E-state index contributed by atoms with van der Waals surface area (Å²) >= 11 is 0. The van der Waals surface area contributed by atoms with E-state index >= 15 is 0 Å². The van der Waals surface area contributed by atoms with Crippen LogP contribution in [0.3, 0.4) is 0 Å². The van der Waals surface area contributed by atoms with Crippen LogP contribution in [0, 0.1) is 11.6 Å². The van der Waals surface area contributed by atoms with E-state index in [4.69, 9.17) is 0 Å². The standard InChI is InChI=1S/C15H20F2O/c1-2-3-4-5-6-9-13(18)11-12-8-7-10-14(16)15(12)17/h7-8,10H,2-6,9,11H2,1H3. The van der Waals surface area contributed by atoms with Crippen LogP contribution < -0.4 is 0 Å². The van der Waals surface area contributed by atoms with Gasteiger partial charge in [0.05, 0.1) is 0 Å². The maximum atomic E-state index is 13.3. The van der Waals surface area contributed by atoms with Crippen molar-refractivity contribution in [3.05, 3.63) is 35.4 Å². The van der Waals surface area contributed by atoms with Crippen molar-refractivity contribution in [2.24, 2.45) is 0 Å². The highest BCUT2D eigenvalue weighted by molar-refractivity contribution is 5.80. The lowest BCUT2D eigenvalue weighted by Gasteiger charge is -2.03. The highest BCUT2D eigenvalue weighted by Gasteiger charge is 2.11. The Morgan fingerprint density at radius 1 is 1.11 bits per heavy atom. The molecular weight excluding hydrogens is 234 g/mol. The summed E-state index contributed by atoms with van der Waals surface area (Å²) in [7, 11) is 0. The van der Waals surface area contributed by atoms with Gasteiger partial charge >= 0.3 is 0 Å². The average molecular weight is 254 g/mol. The van der Waals surface area contributed by atoms with Crippen LogP contribution in [0.1, 0.15) is 51.0 Å². The van der Waals surface area contributed by atoms with Crippen LogP contribution >= 0.6 is 0 Å². The average Bonchev–Trinajstić information content (AvgIpc) is 2.35. The van der Waals surface area contributed by atoms with E-state index in [-0.39, 0.29) is 17.8 Å². The Labute approximate surface area is 107 Å². The maximum absolute atomic E-state index is 13.3. The normalized spacial score (nSPS) is 10.6. The largest absolute Gasteiger partial charge is 0.299 e. The minimum absolute atomic E-state index is 0.00261. The third-order valence-electron chi connectivity index (χ3n) is 2.98. The van der Waals surface area contributed by atoms with E-state index in [2.05, 4.69) is 6.92 Å². The molecule has 0 bridgehead atoms. The van der Waals surface area contributed by atoms with Crippen LogP contribution in [-0.4, -0.2) is 5.78 Å². The van der Waals surface area contributed by atoms with Crippen molar-refractivity contribution in [2.45, 2.75) is 51.9 Å². The van der Waals surface area contributed by atoms with Gasteiger partial charge in [-0.3, -0.25) is 4.79 Å². The molecule has 0 saturated carbocycles. The summed E-state index contributed by atoms with van der Waals surface area (Å²) in [5, 5.41) is 0. The van der Waals surface area contributed by atoms with Crippen molar-refractivity contribution in [1.29, 1.82) is 0 Å². The molecule has 0 aliphatic heterocycles. The number of halogens is 2. The van der Waals surface area contributed by atoms with Crippen molar-refractivity contribution in [1.82, 2.24) is 0 Å². The molecule has 0 radical (unpaired) electrons. The molecule has 0 fully saturated rings. The first kappa shape index (κ1) is 14.8. The second-order valence-corrected chi connectivity index (χ2v) is 4.59. The number of hydrogen-bond acceptors (Lipinski definition) is 1. The summed E-state index contributed by atoms with van der Waals surface area (Å²) < 4.78 is 26.3. The summed E-state index contributed by atoms with van der Waals surface area (Å²) in [5.74, 6) is -1.80. The number of ketones is 1. The van der Waals surface area contributed by atoms with E-state index in [1.165, 1.54) is 25.0 Å². The summed E-state index contributed by atoms with van der Waals surface area (Å²) in [6, 6.07) is 3.96. The quantitative estimate of drug-likeness (QED) is 0.627. The number of hydrogen-bond donors (Lipinski definition) is 0. The van der Waals surface area contributed by atoms with E-state index in [9.17, 15) is 13.6 Å². The van der Waals surface area contributed by atoms with E-state index < -0.39 is 11.6 Å². The van der Waals surface area contributed by atoms with Gasteiger partial charge in [-0.25, -0.2) is 8.78 Å². The van der Waals surface area contributed by atoms with E-state index in [0.717, 1.165) is 25.3 Å². The Hall–Kier alpha value is -1.25. The Kier molecular flexibility index (Phi) is 6.55. The van der Waals surface area contributed by atoms with Crippen LogP contribution in [0.4, 0.5) is 8.78 Å². The van der Waals surface area contributed by atoms with E-state index in [1.807, 2.05) is 0 Å². The van der Waals surface area contributed by atoms with Gasteiger partial charge in [-0.2, -0.15) is 0 Å². The SMILES string of the molecule is CCCCCCCC(=O)Cc1cccc(F)c1F. The molecule has 100 valence electrons. The van der Waals surface area contributed by atoms with Gasteiger partial charge in [-0.05, 0) is 18.1 Å². The molecule has 0 aromatic heterocycles.